The van der Waals surface area contributed by atoms with Crippen molar-refractivity contribution in [1.82, 2.24) is 30.2 Å². The first-order valence-corrected chi connectivity index (χ1v) is 10.6. The molecule has 0 aliphatic carbocycles. The number of imidazole rings is 1. The predicted molar refractivity (Wildman–Crippen MR) is 122 cm³/mol. The second-order valence-electron chi connectivity index (χ2n) is 7.75. The van der Waals surface area contributed by atoms with E-state index in [9.17, 15) is 9.59 Å². The van der Waals surface area contributed by atoms with Gasteiger partial charge in [0.2, 0.25) is 0 Å². The quantitative estimate of drug-likeness (QED) is 0.450. The van der Waals surface area contributed by atoms with Crippen molar-refractivity contribution in [3.05, 3.63) is 52.1 Å². The molecule has 0 atom stereocenters. The Labute approximate surface area is 186 Å². The van der Waals surface area contributed by atoms with Crippen LogP contribution in [0, 0.1) is 19.8 Å². The number of nitrogens with zero attached hydrogens (tertiary/aromatic N) is 4. The van der Waals surface area contributed by atoms with Gasteiger partial charge in [0.05, 0.1) is 16.7 Å². The number of carbonyl (C=O) groups excluding carboxylic acids is 2. The summed E-state index contributed by atoms with van der Waals surface area (Å²) in [7, 11) is 0. The number of rotatable bonds is 6. The Kier molecular flexibility index (Phi) is 6.80. The Bertz CT molecular complexity index is 1160. The molecule has 2 amide bonds. The maximum absolute atomic E-state index is 12.4. The van der Waals surface area contributed by atoms with E-state index in [-0.39, 0.29) is 0 Å². The third kappa shape index (κ3) is 4.96. The van der Waals surface area contributed by atoms with Crippen LogP contribution in [0.2, 0.25) is 5.15 Å². The Hall–Kier alpha value is -3.13. The number of fused-ring (bicyclic) bond motifs is 1. The molecule has 1 aromatic carbocycles. The van der Waals surface area contributed by atoms with E-state index in [2.05, 4.69) is 39.3 Å². The molecule has 2 aromatic heterocycles. The molecule has 0 unspecified atom stereocenters. The number of nitrogens with one attached hydrogen (secondary N) is 2. The van der Waals surface area contributed by atoms with E-state index in [0.29, 0.717) is 28.7 Å². The number of benzene rings is 1. The zero-order valence-electron chi connectivity index (χ0n) is 18.4. The lowest BCUT2D eigenvalue weighted by molar-refractivity contribution is -0.117. The number of aryl methyl sites for hydroxylation is 3. The van der Waals surface area contributed by atoms with Gasteiger partial charge in [-0.2, -0.15) is 5.10 Å². The molecule has 164 valence electrons. The van der Waals surface area contributed by atoms with Crippen LogP contribution in [-0.2, 0) is 17.9 Å². The van der Waals surface area contributed by atoms with Gasteiger partial charge < -0.3 is 4.57 Å². The molecule has 0 saturated heterocycles. The minimum Gasteiger partial charge on any atom is -0.329 e. The van der Waals surface area contributed by atoms with Gasteiger partial charge in [0.25, 0.3) is 11.8 Å². The molecule has 0 aliphatic heterocycles. The van der Waals surface area contributed by atoms with Crippen LogP contribution < -0.4 is 10.9 Å². The average molecular weight is 443 g/mol. The van der Waals surface area contributed by atoms with Crippen molar-refractivity contribution in [3.63, 3.8) is 0 Å². The van der Waals surface area contributed by atoms with Gasteiger partial charge in [-0.1, -0.05) is 25.4 Å². The largest absolute Gasteiger partial charge is 0.329 e. The van der Waals surface area contributed by atoms with Crippen molar-refractivity contribution >= 4 is 40.5 Å². The van der Waals surface area contributed by atoms with Gasteiger partial charge in [0, 0.05) is 30.3 Å². The van der Waals surface area contributed by atoms with E-state index in [1.54, 1.807) is 22.9 Å². The summed E-state index contributed by atoms with van der Waals surface area (Å²) in [5.74, 6) is 0.379. The van der Waals surface area contributed by atoms with Gasteiger partial charge in [-0.25, -0.2) is 4.98 Å². The minimum absolute atomic E-state index is 0.394. The summed E-state index contributed by atoms with van der Waals surface area (Å²) < 4.78 is 3.79. The van der Waals surface area contributed by atoms with Crippen LogP contribution in [-0.4, -0.2) is 31.1 Å². The summed E-state index contributed by atoms with van der Waals surface area (Å²) in [4.78, 5) is 29.1. The molecule has 31 heavy (non-hydrogen) atoms. The second kappa shape index (κ2) is 9.34. The first-order chi connectivity index (χ1) is 14.7. The summed E-state index contributed by atoms with van der Waals surface area (Å²) in [6.45, 7) is 11.4. The van der Waals surface area contributed by atoms with Gasteiger partial charge >= 0.3 is 0 Å². The third-order valence-corrected chi connectivity index (χ3v) is 5.26. The predicted octanol–water partition coefficient (Wildman–Crippen LogP) is 3.65. The fourth-order valence-corrected chi connectivity index (χ4v) is 3.71. The highest BCUT2D eigenvalue weighted by Crippen LogP contribution is 2.22. The topological polar surface area (TPSA) is 93.8 Å². The first kappa shape index (κ1) is 22.6. The van der Waals surface area contributed by atoms with Crippen LogP contribution in [0.3, 0.4) is 0 Å². The van der Waals surface area contributed by atoms with E-state index in [0.717, 1.165) is 29.1 Å². The normalized spacial score (nSPS) is 11.6. The van der Waals surface area contributed by atoms with Crippen LogP contribution in [0.25, 0.3) is 17.1 Å². The molecule has 3 aromatic rings. The van der Waals surface area contributed by atoms with Crippen molar-refractivity contribution in [2.45, 2.75) is 47.7 Å². The third-order valence-electron chi connectivity index (χ3n) is 4.87. The van der Waals surface area contributed by atoms with E-state index >= 15 is 0 Å². The smallest absolute Gasteiger partial charge is 0.269 e. The van der Waals surface area contributed by atoms with Crippen molar-refractivity contribution in [2.24, 2.45) is 5.92 Å². The Morgan fingerprint density at radius 1 is 1.23 bits per heavy atom. The summed E-state index contributed by atoms with van der Waals surface area (Å²) in [6.07, 6.45) is 2.90. The van der Waals surface area contributed by atoms with Gasteiger partial charge in [0.15, 0.2) is 0 Å². The molecule has 3 rings (SSSR count). The molecular formula is C22H27ClN6O2. The van der Waals surface area contributed by atoms with Crippen molar-refractivity contribution in [1.29, 1.82) is 0 Å². The number of hydrogen-bond donors (Lipinski definition) is 2. The van der Waals surface area contributed by atoms with Crippen LogP contribution in [0.1, 0.15) is 48.2 Å². The highest BCUT2D eigenvalue weighted by atomic mass is 35.5. The fourth-order valence-electron chi connectivity index (χ4n) is 3.41. The molecule has 0 spiro atoms. The van der Waals surface area contributed by atoms with Crippen LogP contribution in [0.4, 0.5) is 0 Å². The van der Waals surface area contributed by atoms with Gasteiger partial charge in [-0.3, -0.25) is 25.1 Å². The zero-order chi connectivity index (χ0) is 22.7. The van der Waals surface area contributed by atoms with Crippen LogP contribution in [0.15, 0.2) is 24.3 Å². The lowest BCUT2D eigenvalue weighted by Gasteiger charge is -2.06. The molecule has 2 heterocycles. The molecule has 0 bridgehead atoms. The molecule has 9 heteroatoms. The molecule has 0 radical (unpaired) electrons. The fraction of sp³-hybridized carbons (Fsp3) is 0.364. The molecule has 8 nitrogen and oxygen atoms in total. The summed E-state index contributed by atoms with van der Waals surface area (Å²) >= 11 is 6.38. The number of aromatic nitrogens is 4. The Morgan fingerprint density at radius 3 is 2.65 bits per heavy atom. The van der Waals surface area contributed by atoms with Crippen molar-refractivity contribution < 1.29 is 9.59 Å². The maximum Gasteiger partial charge on any atom is 0.269 e. The van der Waals surface area contributed by atoms with E-state index in [4.69, 9.17) is 11.6 Å². The SMILES string of the molecule is CCn1c(C)nc2cc(C(=O)NNC(=O)/C=C/c3c(C)nn(CC(C)C)c3Cl)ccc21. The first-order valence-electron chi connectivity index (χ1n) is 10.2. The molecule has 2 N–H and O–H groups in total. The minimum atomic E-state index is -0.479. The van der Waals surface area contributed by atoms with Crippen LogP contribution in [0.5, 0.6) is 0 Å². The van der Waals surface area contributed by atoms with Crippen molar-refractivity contribution in [2.75, 3.05) is 0 Å². The maximum atomic E-state index is 12.4. The summed E-state index contributed by atoms with van der Waals surface area (Å²) in [5, 5.41) is 4.89. The Morgan fingerprint density at radius 2 is 1.97 bits per heavy atom. The monoisotopic (exact) mass is 442 g/mol. The molecular weight excluding hydrogens is 416 g/mol. The van der Waals surface area contributed by atoms with E-state index in [1.807, 2.05) is 26.8 Å². The highest BCUT2D eigenvalue weighted by Gasteiger charge is 2.13. The number of hydrazine groups is 1. The lowest BCUT2D eigenvalue weighted by atomic mass is 10.2. The second-order valence-corrected chi connectivity index (χ2v) is 8.11. The van der Waals surface area contributed by atoms with Gasteiger partial charge in [-0.05, 0) is 51.0 Å². The zero-order valence-corrected chi connectivity index (χ0v) is 19.1. The van der Waals surface area contributed by atoms with E-state index in [1.165, 1.54) is 6.08 Å². The number of amides is 2. The van der Waals surface area contributed by atoms with Gasteiger partial charge in [-0.15, -0.1) is 0 Å². The number of hydrogen-bond acceptors (Lipinski definition) is 4. The summed E-state index contributed by atoms with van der Waals surface area (Å²) in [5.41, 5.74) is 8.32. The lowest BCUT2D eigenvalue weighted by Crippen LogP contribution is -2.40. The number of carbonyl (C=O) groups is 2. The molecule has 0 saturated carbocycles. The average Bonchev–Trinajstić information content (AvgIpc) is 3.17. The Balaban J connectivity index is 1.64. The van der Waals surface area contributed by atoms with Crippen LogP contribution >= 0.6 is 11.6 Å². The standard InChI is InChI=1S/C22H27ClN6O2/c1-6-28-15(5)24-18-11-16(7-9-19(18)28)22(31)26-25-20(30)10-8-17-14(4)27-29(21(17)23)12-13(2)3/h7-11,13H,6,12H2,1-5H3,(H,25,30)(H,26,31)/b10-8+. The van der Waals surface area contributed by atoms with Gasteiger partial charge in [0.1, 0.15) is 11.0 Å². The molecule has 0 aliphatic rings. The highest BCUT2D eigenvalue weighted by molar-refractivity contribution is 6.31. The molecule has 0 fully saturated rings. The number of halogens is 1. The van der Waals surface area contributed by atoms with E-state index < -0.39 is 11.8 Å². The van der Waals surface area contributed by atoms with Crippen molar-refractivity contribution in [3.8, 4) is 0 Å². The summed E-state index contributed by atoms with van der Waals surface area (Å²) in [6, 6.07) is 5.27.